The van der Waals surface area contributed by atoms with Gasteiger partial charge in [-0.2, -0.15) is 0 Å². The Morgan fingerprint density at radius 1 is 1.00 bits per heavy atom. The Morgan fingerprint density at radius 2 is 1.57 bits per heavy atom. The lowest BCUT2D eigenvalue weighted by Crippen LogP contribution is -2.50. The number of benzene rings is 2. The molecule has 3 rings (SSSR count). The zero-order valence-electron chi connectivity index (χ0n) is 16.0. The van der Waals surface area contributed by atoms with E-state index in [9.17, 15) is 22.4 Å². The van der Waals surface area contributed by atoms with Crippen molar-refractivity contribution in [3.63, 3.8) is 0 Å². The van der Waals surface area contributed by atoms with E-state index in [1.807, 2.05) is 4.89 Å². The lowest BCUT2D eigenvalue weighted by Gasteiger charge is -2.35. The van der Waals surface area contributed by atoms with E-state index >= 15 is 0 Å². The summed E-state index contributed by atoms with van der Waals surface area (Å²) in [7, 11) is -2.62. The third kappa shape index (κ3) is 4.78. The molecule has 1 aliphatic rings. The van der Waals surface area contributed by atoms with E-state index in [-0.39, 0.29) is 27.3 Å². The molecular formula is C19H19ClFN3O5S. The normalized spacial score (nSPS) is 14.6. The van der Waals surface area contributed by atoms with Crippen molar-refractivity contribution in [2.45, 2.75) is 4.90 Å². The summed E-state index contributed by atoms with van der Waals surface area (Å²) < 4.78 is 36.9. The second-order valence-electron chi connectivity index (χ2n) is 6.52. The number of piperazine rings is 1. The molecule has 160 valence electrons. The summed E-state index contributed by atoms with van der Waals surface area (Å²) >= 11 is 5.96. The molecule has 0 radical (unpaired) electrons. The minimum absolute atomic E-state index is 0.0347. The van der Waals surface area contributed by atoms with E-state index < -0.39 is 15.8 Å². The average molecular weight is 456 g/mol. The van der Waals surface area contributed by atoms with Crippen LogP contribution in [0.5, 0.6) is 0 Å². The van der Waals surface area contributed by atoms with Crippen LogP contribution in [0.15, 0.2) is 47.4 Å². The SMILES string of the molecule is CONS(=O)(=O)c1ccc(C(=O)N2CCN(C(=O)c3ccc(F)cc3Cl)CC2)cc1. The second kappa shape index (κ2) is 9.09. The van der Waals surface area contributed by atoms with E-state index in [0.717, 1.165) is 6.07 Å². The summed E-state index contributed by atoms with van der Waals surface area (Å²) in [6.45, 7) is 1.19. The maximum Gasteiger partial charge on any atom is 0.262 e. The summed E-state index contributed by atoms with van der Waals surface area (Å²) in [6, 6.07) is 9.05. The molecule has 1 fully saturated rings. The monoisotopic (exact) mass is 455 g/mol. The van der Waals surface area contributed by atoms with Crippen LogP contribution < -0.4 is 4.89 Å². The molecule has 0 saturated carbocycles. The number of amides is 2. The first-order valence-corrected chi connectivity index (χ1v) is 10.8. The summed E-state index contributed by atoms with van der Waals surface area (Å²) in [5.74, 6) is -1.12. The lowest BCUT2D eigenvalue weighted by atomic mass is 10.1. The molecule has 0 atom stereocenters. The van der Waals surface area contributed by atoms with Crippen molar-refractivity contribution in [2.75, 3.05) is 33.3 Å². The minimum atomic E-state index is -3.80. The molecule has 30 heavy (non-hydrogen) atoms. The van der Waals surface area contributed by atoms with Crippen molar-refractivity contribution in [3.05, 3.63) is 64.4 Å². The Bertz CT molecular complexity index is 1050. The highest BCUT2D eigenvalue weighted by Crippen LogP contribution is 2.20. The largest absolute Gasteiger partial charge is 0.335 e. The fourth-order valence-corrected chi connectivity index (χ4v) is 4.12. The van der Waals surface area contributed by atoms with Crippen LogP contribution in [0, 0.1) is 5.82 Å². The van der Waals surface area contributed by atoms with Gasteiger partial charge in [-0.3, -0.25) is 14.4 Å². The molecule has 0 unspecified atom stereocenters. The molecule has 0 spiro atoms. The van der Waals surface area contributed by atoms with E-state index in [1.165, 1.54) is 43.5 Å². The Labute approximate surface area is 178 Å². The van der Waals surface area contributed by atoms with Gasteiger partial charge in [-0.25, -0.2) is 12.8 Å². The number of nitrogens with one attached hydrogen (secondary N) is 1. The molecule has 2 amide bonds. The van der Waals surface area contributed by atoms with Gasteiger partial charge in [-0.15, -0.1) is 0 Å². The molecule has 2 aromatic rings. The van der Waals surface area contributed by atoms with Gasteiger partial charge < -0.3 is 9.80 Å². The molecule has 1 heterocycles. The predicted molar refractivity (Wildman–Crippen MR) is 107 cm³/mol. The van der Waals surface area contributed by atoms with Crippen molar-refractivity contribution in [2.24, 2.45) is 0 Å². The Kier molecular flexibility index (Phi) is 6.71. The second-order valence-corrected chi connectivity index (χ2v) is 8.58. The third-order valence-electron chi connectivity index (χ3n) is 4.62. The number of hydrogen-bond acceptors (Lipinski definition) is 5. The number of nitrogens with zero attached hydrogens (tertiary/aromatic N) is 2. The van der Waals surface area contributed by atoms with Crippen molar-refractivity contribution in [3.8, 4) is 0 Å². The van der Waals surface area contributed by atoms with Gasteiger partial charge in [0, 0.05) is 31.7 Å². The first-order chi connectivity index (χ1) is 14.2. The van der Waals surface area contributed by atoms with Crippen LogP contribution >= 0.6 is 11.6 Å². The zero-order valence-corrected chi connectivity index (χ0v) is 17.5. The number of carbonyl (C=O) groups excluding carboxylic acids is 2. The molecule has 1 N–H and O–H groups in total. The molecule has 0 aromatic heterocycles. The van der Waals surface area contributed by atoms with Crippen LogP contribution in [0.25, 0.3) is 0 Å². The molecule has 0 aliphatic carbocycles. The summed E-state index contributed by atoms with van der Waals surface area (Å²) in [5, 5.41) is 0.0384. The Morgan fingerprint density at radius 3 is 2.10 bits per heavy atom. The number of hydrogen-bond donors (Lipinski definition) is 1. The number of carbonyl (C=O) groups is 2. The van der Waals surface area contributed by atoms with Crippen LogP contribution in [0.4, 0.5) is 4.39 Å². The van der Waals surface area contributed by atoms with Crippen LogP contribution in [-0.4, -0.2) is 63.3 Å². The van der Waals surface area contributed by atoms with E-state index in [4.69, 9.17) is 11.6 Å². The molecule has 11 heteroatoms. The standard InChI is InChI=1S/C19H19ClFN3O5S/c1-29-22-30(27,28)15-5-2-13(3-6-15)18(25)23-8-10-24(11-9-23)19(26)16-7-4-14(21)12-17(16)20/h2-7,12,22H,8-11H2,1H3. The first kappa shape index (κ1) is 22.2. The van der Waals surface area contributed by atoms with Crippen molar-refractivity contribution >= 4 is 33.4 Å². The average Bonchev–Trinajstić information content (AvgIpc) is 2.73. The van der Waals surface area contributed by atoms with E-state index in [0.29, 0.717) is 31.7 Å². The minimum Gasteiger partial charge on any atom is -0.335 e. The molecule has 2 aromatic carbocycles. The van der Waals surface area contributed by atoms with Gasteiger partial charge in [0.05, 0.1) is 22.6 Å². The summed E-state index contributed by atoms with van der Waals surface area (Å²) in [5.41, 5.74) is 0.534. The number of rotatable bonds is 5. The van der Waals surface area contributed by atoms with E-state index in [1.54, 1.807) is 9.80 Å². The number of halogens is 2. The van der Waals surface area contributed by atoms with Gasteiger partial charge in [0.15, 0.2) is 0 Å². The van der Waals surface area contributed by atoms with Gasteiger partial charge in [0.25, 0.3) is 21.8 Å². The van der Waals surface area contributed by atoms with Crippen molar-refractivity contribution in [1.82, 2.24) is 14.7 Å². The highest BCUT2D eigenvalue weighted by molar-refractivity contribution is 7.89. The summed E-state index contributed by atoms with van der Waals surface area (Å²) in [4.78, 5) is 34.7. The predicted octanol–water partition coefficient (Wildman–Crippen LogP) is 1.92. The smallest absolute Gasteiger partial charge is 0.262 e. The maximum absolute atomic E-state index is 13.2. The fourth-order valence-electron chi connectivity index (χ4n) is 3.06. The summed E-state index contributed by atoms with van der Waals surface area (Å²) in [6.07, 6.45) is 0. The van der Waals surface area contributed by atoms with Crippen LogP contribution in [-0.2, 0) is 14.9 Å². The lowest BCUT2D eigenvalue weighted by molar-refractivity contribution is 0.0535. The Balaban J connectivity index is 1.63. The van der Waals surface area contributed by atoms with Crippen molar-refractivity contribution < 1.29 is 27.2 Å². The molecule has 1 saturated heterocycles. The van der Waals surface area contributed by atoms with Gasteiger partial charge in [-0.1, -0.05) is 16.5 Å². The van der Waals surface area contributed by atoms with Gasteiger partial charge in [0.2, 0.25) is 0 Å². The van der Waals surface area contributed by atoms with Crippen LogP contribution in [0.3, 0.4) is 0 Å². The molecular weight excluding hydrogens is 437 g/mol. The Hall–Kier alpha value is -2.53. The van der Waals surface area contributed by atoms with Gasteiger partial charge in [-0.05, 0) is 42.5 Å². The highest BCUT2D eigenvalue weighted by Gasteiger charge is 2.27. The topological polar surface area (TPSA) is 96.0 Å². The fraction of sp³-hybridized carbons (Fsp3) is 0.263. The quantitative estimate of drug-likeness (QED) is 0.695. The number of sulfonamides is 1. The van der Waals surface area contributed by atoms with Gasteiger partial charge >= 0.3 is 0 Å². The first-order valence-electron chi connectivity index (χ1n) is 8.91. The molecule has 0 bridgehead atoms. The van der Waals surface area contributed by atoms with Crippen molar-refractivity contribution in [1.29, 1.82) is 0 Å². The van der Waals surface area contributed by atoms with Gasteiger partial charge in [0.1, 0.15) is 5.82 Å². The highest BCUT2D eigenvalue weighted by atomic mass is 35.5. The zero-order chi connectivity index (χ0) is 21.9. The van der Waals surface area contributed by atoms with Crippen LogP contribution in [0.2, 0.25) is 5.02 Å². The molecule has 1 aliphatic heterocycles. The van der Waals surface area contributed by atoms with Crippen LogP contribution in [0.1, 0.15) is 20.7 Å². The maximum atomic E-state index is 13.2. The van der Waals surface area contributed by atoms with E-state index in [2.05, 4.69) is 4.84 Å². The third-order valence-corrected chi connectivity index (χ3v) is 6.21. The molecule has 8 nitrogen and oxygen atoms in total.